The summed E-state index contributed by atoms with van der Waals surface area (Å²) in [6, 6.07) is 8.22. The summed E-state index contributed by atoms with van der Waals surface area (Å²) in [5.74, 6) is 0.0715. The van der Waals surface area contributed by atoms with E-state index in [9.17, 15) is 9.59 Å². The molecule has 1 saturated heterocycles. The van der Waals surface area contributed by atoms with Gasteiger partial charge in [-0.05, 0) is 24.0 Å². The highest BCUT2D eigenvalue weighted by Gasteiger charge is 2.24. The van der Waals surface area contributed by atoms with E-state index in [2.05, 4.69) is 17.4 Å². The van der Waals surface area contributed by atoms with E-state index in [1.54, 1.807) is 9.80 Å². The standard InChI is InChI=1S/C17H24N4O2/c18-15-7-10-20(12-15)16(22)5-8-19-17(23)21-9-6-13-3-1-2-4-14(13)11-21/h1-4,15H,5-12,18H2,(H,19,23)/t15-/m1/s1. The number of benzene rings is 1. The van der Waals surface area contributed by atoms with Crippen LogP contribution < -0.4 is 11.1 Å². The molecule has 1 fully saturated rings. The second-order valence-electron chi connectivity index (χ2n) is 6.31. The van der Waals surface area contributed by atoms with Gasteiger partial charge in [-0.3, -0.25) is 4.79 Å². The lowest BCUT2D eigenvalue weighted by Gasteiger charge is -2.29. The van der Waals surface area contributed by atoms with E-state index in [1.165, 1.54) is 11.1 Å². The van der Waals surface area contributed by atoms with Gasteiger partial charge in [-0.1, -0.05) is 24.3 Å². The van der Waals surface area contributed by atoms with Crippen LogP contribution in [0.3, 0.4) is 0 Å². The highest BCUT2D eigenvalue weighted by atomic mass is 16.2. The van der Waals surface area contributed by atoms with Crippen molar-refractivity contribution in [3.8, 4) is 0 Å². The zero-order chi connectivity index (χ0) is 16.2. The molecule has 0 aromatic heterocycles. The van der Waals surface area contributed by atoms with Crippen LogP contribution in [0, 0.1) is 0 Å². The number of hydrogen-bond acceptors (Lipinski definition) is 3. The molecule has 1 aromatic rings. The maximum Gasteiger partial charge on any atom is 0.317 e. The Morgan fingerprint density at radius 2 is 1.96 bits per heavy atom. The number of amides is 3. The Bertz CT molecular complexity index is 590. The molecule has 0 aliphatic carbocycles. The molecule has 124 valence electrons. The number of rotatable bonds is 3. The molecule has 23 heavy (non-hydrogen) atoms. The van der Waals surface area contributed by atoms with Crippen molar-refractivity contribution in [2.75, 3.05) is 26.2 Å². The van der Waals surface area contributed by atoms with Crippen molar-refractivity contribution in [3.05, 3.63) is 35.4 Å². The fourth-order valence-corrected chi connectivity index (χ4v) is 3.23. The highest BCUT2D eigenvalue weighted by Crippen LogP contribution is 2.18. The molecule has 2 heterocycles. The van der Waals surface area contributed by atoms with Gasteiger partial charge in [0, 0.05) is 45.2 Å². The summed E-state index contributed by atoms with van der Waals surface area (Å²) in [5.41, 5.74) is 8.33. The molecule has 0 radical (unpaired) electrons. The average molecular weight is 316 g/mol. The maximum absolute atomic E-state index is 12.2. The monoisotopic (exact) mass is 316 g/mol. The molecule has 1 atom stereocenters. The molecule has 2 aliphatic rings. The summed E-state index contributed by atoms with van der Waals surface area (Å²) in [7, 11) is 0. The van der Waals surface area contributed by atoms with Crippen LogP contribution in [0.5, 0.6) is 0 Å². The molecule has 6 heteroatoms. The van der Waals surface area contributed by atoms with Crippen LogP contribution in [-0.4, -0.2) is 54.0 Å². The van der Waals surface area contributed by atoms with Gasteiger partial charge in [-0.15, -0.1) is 0 Å². The van der Waals surface area contributed by atoms with E-state index >= 15 is 0 Å². The lowest BCUT2D eigenvalue weighted by atomic mass is 10.0. The summed E-state index contributed by atoms with van der Waals surface area (Å²) < 4.78 is 0. The third-order valence-electron chi connectivity index (χ3n) is 4.61. The number of carbonyl (C=O) groups excluding carboxylic acids is 2. The maximum atomic E-state index is 12.2. The first-order valence-electron chi connectivity index (χ1n) is 8.26. The Morgan fingerprint density at radius 3 is 2.70 bits per heavy atom. The van der Waals surface area contributed by atoms with Crippen molar-refractivity contribution >= 4 is 11.9 Å². The molecule has 0 bridgehead atoms. The molecule has 2 aliphatic heterocycles. The minimum Gasteiger partial charge on any atom is -0.341 e. The first-order chi connectivity index (χ1) is 11.1. The fraction of sp³-hybridized carbons (Fsp3) is 0.529. The van der Waals surface area contributed by atoms with Gasteiger partial charge >= 0.3 is 6.03 Å². The molecule has 3 N–H and O–H groups in total. The fourth-order valence-electron chi connectivity index (χ4n) is 3.23. The van der Waals surface area contributed by atoms with Crippen molar-refractivity contribution in [1.29, 1.82) is 0 Å². The lowest BCUT2D eigenvalue weighted by molar-refractivity contribution is -0.130. The van der Waals surface area contributed by atoms with E-state index in [-0.39, 0.29) is 18.0 Å². The second-order valence-corrected chi connectivity index (χ2v) is 6.31. The summed E-state index contributed by atoms with van der Waals surface area (Å²) in [4.78, 5) is 27.8. The SMILES string of the molecule is N[C@@H]1CCN(C(=O)CCNC(=O)N2CCc3ccccc3C2)C1. The molecule has 3 amide bonds. The quantitative estimate of drug-likeness (QED) is 0.862. The van der Waals surface area contributed by atoms with Crippen LogP contribution in [0.15, 0.2) is 24.3 Å². The van der Waals surface area contributed by atoms with Crippen molar-refractivity contribution in [1.82, 2.24) is 15.1 Å². The molecule has 3 rings (SSSR count). The van der Waals surface area contributed by atoms with E-state index < -0.39 is 0 Å². The first kappa shape index (κ1) is 15.8. The van der Waals surface area contributed by atoms with E-state index in [1.807, 2.05) is 12.1 Å². The molecule has 1 aromatic carbocycles. The number of nitrogens with zero attached hydrogens (tertiary/aromatic N) is 2. The van der Waals surface area contributed by atoms with Crippen LogP contribution in [-0.2, 0) is 17.8 Å². The molecule has 0 saturated carbocycles. The van der Waals surface area contributed by atoms with Gasteiger partial charge in [0.2, 0.25) is 5.91 Å². The van der Waals surface area contributed by atoms with Gasteiger partial charge in [0.25, 0.3) is 0 Å². The predicted molar refractivity (Wildman–Crippen MR) is 87.7 cm³/mol. The Kier molecular flexibility index (Phi) is 4.81. The van der Waals surface area contributed by atoms with Crippen LogP contribution >= 0.6 is 0 Å². The van der Waals surface area contributed by atoms with Crippen molar-refractivity contribution in [2.24, 2.45) is 5.73 Å². The molecule has 0 unspecified atom stereocenters. The van der Waals surface area contributed by atoms with Gasteiger partial charge < -0.3 is 20.9 Å². The van der Waals surface area contributed by atoms with Gasteiger partial charge in [0.1, 0.15) is 0 Å². The normalized spacial score (nSPS) is 20.3. The van der Waals surface area contributed by atoms with E-state index in [0.717, 1.165) is 25.9 Å². The minimum atomic E-state index is -0.0922. The summed E-state index contributed by atoms with van der Waals surface area (Å²) in [6.07, 6.45) is 2.09. The first-order valence-corrected chi connectivity index (χ1v) is 8.26. The van der Waals surface area contributed by atoms with Gasteiger partial charge in [0.05, 0.1) is 0 Å². The van der Waals surface area contributed by atoms with Gasteiger partial charge in [0.15, 0.2) is 0 Å². The van der Waals surface area contributed by atoms with E-state index in [0.29, 0.717) is 26.1 Å². The molecular formula is C17H24N4O2. The largest absolute Gasteiger partial charge is 0.341 e. The molecule has 0 spiro atoms. The van der Waals surface area contributed by atoms with Crippen molar-refractivity contribution in [3.63, 3.8) is 0 Å². The van der Waals surface area contributed by atoms with Gasteiger partial charge in [-0.2, -0.15) is 0 Å². The van der Waals surface area contributed by atoms with E-state index in [4.69, 9.17) is 5.73 Å². The van der Waals surface area contributed by atoms with Crippen molar-refractivity contribution < 1.29 is 9.59 Å². The number of nitrogens with one attached hydrogen (secondary N) is 1. The Hall–Kier alpha value is -2.08. The zero-order valence-corrected chi connectivity index (χ0v) is 13.3. The number of likely N-dealkylation sites (tertiary alicyclic amines) is 1. The summed E-state index contributed by atoms with van der Waals surface area (Å²) in [6.45, 7) is 3.10. The Balaban J connectivity index is 1.43. The number of hydrogen-bond donors (Lipinski definition) is 2. The van der Waals surface area contributed by atoms with Gasteiger partial charge in [-0.25, -0.2) is 4.79 Å². The molecular weight excluding hydrogens is 292 g/mol. The Labute approximate surface area is 136 Å². The second kappa shape index (κ2) is 7.00. The van der Waals surface area contributed by atoms with Crippen molar-refractivity contribution in [2.45, 2.75) is 31.8 Å². The van der Waals surface area contributed by atoms with Crippen LogP contribution in [0.25, 0.3) is 0 Å². The average Bonchev–Trinajstić information content (AvgIpc) is 3.00. The van der Waals surface area contributed by atoms with Crippen LogP contribution in [0.2, 0.25) is 0 Å². The minimum absolute atomic E-state index is 0.0715. The summed E-state index contributed by atoms with van der Waals surface area (Å²) >= 11 is 0. The van der Waals surface area contributed by atoms with Crippen LogP contribution in [0.4, 0.5) is 4.79 Å². The Morgan fingerprint density at radius 1 is 1.17 bits per heavy atom. The number of fused-ring (bicyclic) bond motifs is 1. The number of carbonyl (C=O) groups is 2. The van der Waals surface area contributed by atoms with Crippen LogP contribution in [0.1, 0.15) is 24.0 Å². The predicted octanol–water partition coefficient (Wildman–Crippen LogP) is 0.704. The summed E-state index contributed by atoms with van der Waals surface area (Å²) in [5, 5.41) is 2.86. The number of urea groups is 1. The third-order valence-corrected chi connectivity index (χ3v) is 4.61. The highest BCUT2D eigenvalue weighted by molar-refractivity contribution is 5.78. The molecule has 6 nitrogen and oxygen atoms in total. The smallest absolute Gasteiger partial charge is 0.317 e. The third kappa shape index (κ3) is 3.82. The number of nitrogens with two attached hydrogens (primary N) is 1. The lowest BCUT2D eigenvalue weighted by Crippen LogP contribution is -2.44. The topological polar surface area (TPSA) is 78.7 Å². The zero-order valence-electron chi connectivity index (χ0n) is 13.3.